The highest BCUT2D eigenvalue weighted by Gasteiger charge is 2.14. The minimum absolute atomic E-state index is 0.0928. The van der Waals surface area contributed by atoms with Crippen molar-refractivity contribution in [3.8, 4) is 5.75 Å². The van der Waals surface area contributed by atoms with E-state index in [2.05, 4.69) is 0 Å². The van der Waals surface area contributed by atoms with Crippen LogP contribution in [0.25, 0.3) is 10.9 Å². The molecule has 0 amide bonds. The van der Waals surface area contributed by atoms with Crippen molar-refractivity contribution in [3.63, 3.8) is 0 Å². The Hall–Kier alpha value is -2.01. The molecule has 5 heteroatoms. The molecule has 0 saturated heterocycles. The van der Waals surface area contributed by atoms with Crippen LogP contribution in [0.5, 0.6) is 5.75 Å². The number of ether oxygens (including phenoxy) is 1. The zero-order chi connectivity index (χ0) is 14.0. The number of nitrogens with zero attached hydrogens (tertiary/aromatic N) is 1. The summed E-state index contributed by atoms with van der Waals surface area (Å²) in [6, 6.07) is 6.73. The summed E-state index contributed by atoms with van der Waals surface area (Å²) >= 11 is 0. The fourth-order valence-corrected chi connectivity index (χ4v) is 2.00. The van der Waals surface area contributed by atoms with Gasteiger partial charge in [0.15, 0.2) is 0 Å². The number of carboxylic acid groups (broad SMARTS) is 1. The highest BCUT2D eigenvalue weighted by Crippen LogP contribution is 2.27. The molecule has 3 N–H and O–H groups in total. The monoisotopic (exact) mass is 262 g/mol. The molecule has 1 unspecified atom stereocenters. The number of hydrogen-bond donors (Lipinski definition) is 2. The van der Waals surface area contributed by atoms with Crippen molar-refractivity contribution in [3.05, 3.63) is 30.5 Å². The van der Waals surface area contributed by atoms with E-state index in [4.69, 9.17) is 15.6 Å². The average molecular weight is 262 g/mol. The molecule has 0 bridgehead atoms. The summed E-state index contributed by atoms with van der Waals surface area (Å²) in [4.78, 5) is 10.8. The molecule has 2 aromatic rings. The van der Waals surface area contributed by atoms with Gasteiger partial charge in [0.2, 0.25) is 0 Å². The van der Waals surface area contributed by atoms with E-state index in [0.29, 0.717) is 0 Å². The van der Waals surface area contributed by atoms with Gasteiger partial charge in [-0.15, -0.1) is 0 Å². The lowest BCUT2D eigenvalue weighted by Crippen LogP contribution is -2.34. The van der Waals surface area contributed by atoms with Crippen LogP contribution in [0, 0.1) is 0 Å². The molecule has 0 aliphatic heterocycles. The standard InChI is InChI=1S/C14H18N2O3/c1-9(2)19-13-5-3-4-12-10(13)6-7-16(12)8-11(15)14(17)18/h3-7,9,11H,8,15H2,1-2H3,(H,17,18). The minimum Gasteiger partial charge on any atom is -0.490 e. The molecule has 19 heavy (non-hydrogen) atoms. The number of aliphatic carboxylic acids is 1. The van der Waals surface area contributed by atoms with Gasteiger partial charge < -0.3 is 20.1 Å². The Bertz CT molecular complexity index is 589. The first-order chi connectivity index (χ1) is 8.99. The van der Waals surface area contributed by atoms with Crippen molar-refractivity contribution < 1.29 is 14.6 Å². The van der Waals surface area contributed by atoms with E-state index < -0.39 is 12.0 Å². The van der Waals surface area contributed by atoms with Crippen LogP contribution in [0.2, 0.25) is 0 Å². The lowest BCUT2D eigenvalue weighted by atomic mass is 10.2. The van der Waals surface area contributed by atoms with Crippen molar-refractivity contribution in [2.24, 2.45) is 5.73 Å². The lowest BCUT2D eigenvalue weighted by molar-refractivity contribution is -0.138. The third kappa shape index (κ3) is 2.88. The SMILES string of the molecule is CC(C)Oc1cccc2c1ccn2CC(N)C(=O)O. The largest absolute Gasteiger partial charge is 0.490 e. The molecule has 5 nitrogen and oxygen atoms in total. The van der Waals surface area contributed by atoms with Crippen molar-refractivity contribution in [2.75, 3.05) is 0 Å². The van der Waals surface area contributed by atoms with Crippen LogP contribution >= 0.6 is 0 Å². The van der Waals surface area contributed by atoms with E-state index in [0.717, 1.165) is 16.7 Å². The molecule has 0 spiro atoms. The van der Waals surface area contributed by atoms with Crippen LogP contribution in [0.3, 0.4) is 0 Å². The van der Waals surface area contributed by atoms with Crippen LogP contribution in [-0.4, -0.2) is 27.8 Å². The molecule has 1 aromatic carbocycles. The fourth-order valence-electron chi connectivity index (χ4n) is 2.00. The number of fused-ring (bicyclic) bond motifs is 1. The van der Waals surface area contributed by atoms with Gasteiger partial charge >= 0.3 is 5.97 Å². The van der Waals surface area contributed by atoms with E-state index >= 15 is 0 Å². The maximum absolute atomic E-state index is 10.8. The van der Waals surface area contributed by atoms with Gasteiger partial charge in [0, 0.05) is 18.1 Å². The molecule has 102 valence electrons. The van der Waals surface area contributed by atoms with Crippen LogP contribution in [0.15, 0.2) is 30.5 Å². The van der Waals surface area contributed by atoms with E-state index in [9.17, 15) is 4.79 Å². The highest BCUT2D eigenvalue weighted by molar-refractivity contribution is 5.86. The summed E-state index contributed by atoms with van der Waals surface area (Å²) in [5, 5.41) is 9.83. The molecule has 1 heterocycles. The maximum Gasteiger partial charge on any atom is 0.322 e. The zero-order valence-electron chi connectivity index (χ0n) is 11.0. The predicted octanol–water partition coefficient (Wildman–Crippen LogP) is 1.84. The molecule has 0 aliphatic carbocycles. The molecule has 2 rings (SSSR count). The van der Waals surface area contributed by atoms with Gasteiger partial charge in [-0.1, -0.05) is 6.07 Å². The number of hydrogen-bond acceptors (Lipinski definition) is 3. The van der Waals surface area contributed by atoms with Crippen LogP contribution in [0.4, 0.5) is 0 Å². The second-order valence-electron chi connectivity index (χ2n) is 4.77. The van der Waals surface area contributed by atoms with E-state index in [1.807, 2.05) is 48.9 Å². The number of benzene rings is 1. The number of carboxylic acids is 1. The normalized spacial score (nSPS) is 12.8. The van der Waals surface area contributed by atoms with Gasteiger partial charge in [0.25, 0.3) is 0 Å². The first-order valence-corrected chi connectivity index (χ1v) is 6.22. The first kappa shape index (κ1) is 13.4. The smallest absolute Gasteiger partial charge is 0.322 e. The van der Waals surface area contributed by atoms with Crippen molar-refractivity contribution in [2.45, 2.75) is 32.5 Å². The first-order valence-electron chi connectivity index (χ1n) is 6.22. The molecule has 0 aliphatic rings. The quantitative estimate of drug-likeness (QED) is 0.862. The topological polar surface area (TPSA) is 77.5 Å². The summed E-state index contributed by atoms with van der Waals surface area (Å²) in [6.45, 7) is 4.18. The van der Waals surface area contributed by atoms with Gasteiger partial charge in [-0.3, -0.25) is 4.79 Å². The predicted molar refractivity (Wildman–Crippen MR) is 73.3 cm³/mol. The summed E-state index contributed by atoms with van der Waals surface area (Å²) in [6.07, 6.45) is 1.93. The summed E-state index contributed by atoms with van der Waals surface area (Å²) in [5.74, 6) is -0.202. The maximum atomic E-state index is 10.8. The summed E-state index contributed by atoms with van der Waals surface area (Å²) < 4.78 is 7.57. The van der Waals surface area contributed by atoms with Crippen molar-refractivity contribution in [1.82, 2.24) is 4.57 Å². The van der Waals surface area contributed by atoms with E-state index in [1.54, 1.807) is 0 Å². The third-order valence-corrected chi connectivity index (χ3v) is 2.85. The minimum atomic E-state index is -1.00. The lowest BCUT2D eigenvalue weighted by Gasteiger charge is -2.12. The third-order valence-electron chi connectivity index (χ3n) is 2.85. The van der Waals surface area contributed by atoms with Gasteiger partial charge in [-0.25, -0.2) is 0 Å². The number of nitrogens with two attached hydrogens (primary N) is 1. The Morgan fingerprint density at radius 3 is 2.79 bits per heavy atom. The van der Waals surface area contributed by atoms with E-state index in [1.165, 1.54) is 0 Å². The van der Waals surface area contributed by atoms with Crippen molar-refractivity contribution >= 4 is 16.9 Å². The van der Waals surface area contributed by atoms with Crippen LogP contribution in [0.1, 0.15) is 13.8 Å². The molecule has 0 radical (unpaired) electrons. The molecule has 1 aromatic heterocycles. The van der Waals surface area contributed by atoms with E-state index in [-0.39, 0.29) is 12.6 Å². The Balaban J connectivity index is 2.35. The average Bonchev–Trinajstić information content (AvgIpc) is 2.73. The number of aromatic nitrogens is 1. The molecular formula is C14H18N2O3. The fraction of sp³-hybridized carbons (Fsp3) is 0.357. The van der Waals surface area contributed by atoms with Gasteiger partial charge in [-0.05, 0) is 32.0 Å². The molecule has 0 saturated carbocycles. The van der Waals surface area contributed by atoms with Crippen LogP contribution in [-0.2, 0) is 11.3 Å². The Kier molecular flexibility index (Phi) is 3.76. The van der Waals surface area contributed by atoms with Crippen molar-refractivity contribution in [1.29, 1.82) is 0 Å². The second-order valence-corrected chi connectivity index (χ2v) is 4.77. The zero-order valence-corrected chi connectivity index (χ0v) is 11.0. The molecule has 0 fully saturated rings. The Morgan fingerprint density at radius 2 is 2.16 bits per heavy atom. The van der Waals surface area contributed by atoms with Gasteiger partial charge in [0.1, 0.15) is 11.8 Å². The Morgan fingerprint density at radius 1 is 1.42 bits per heavy atom. The van der Waals surface area contributed by atoms with Gasteiger partial charge in [0.05, 0.1) is 11.6 Å². The number of carbonyl (C=O) groups is 1. The van der Waals surface area contributed by atoms with Crippen LogP contribution < -0.4 is 10.5 Å². The second kappa shape index (κ2) is 5.32. The highest BCUT2D eigenvalue weighted by atomic mass is 16.5. The summed E-state index contributed by atoms with van der Waals surface area (Å²) in [5.41, 5.74) is 6.49. The number of rotatable bonds is 5. The van der Waals surface area contributed by atoms with Gasteiger partial charge in [-0.2, -0.15) is 0 Å². The summed E-state index contributed by atoms with van der Waals surface area (Å²) in [7, 11) is 0. The molecular weight excluding hydrogens is 244 g/mol. The Labute approximate surface area is 111 Å². The molecule has 1 atom stereocenters.